The van der Waals surface area contributed by atoms with Gasteiger partial charge in [0, 0.05) is 24.7 Å². The highest BCUT2D eigenvalue weighted by atomic mass is 15.0. The molecule has 1 aromatic heterocycles. The average molecular weight is 327 g/mol. The van der Waals surface area contributed by atoms with Crippen LogP contribution in [0.15, 0.2) is 40.3 Å². The molecule has 0 amide bonds. The fraction of sp³-hybridized carbons (Fsp3) is 0.300. The van der Waals surface area contributed by atoms with E-state index in [0.717, 1.165) is 53.9 Å². The van der Waals surface area contributed by atoms with Gasteiger partial charge >= 0.3 is 0 Å². The molecule has 2 aromatic rings. The molecule has 2 heterocycles. The summed E-state index contributed by atoms with van der Waals surface area (Å²) in [5.41, 5.74) is 5.33. The molecule has 1 aromatic carbocycles. The van der Waals surface area contributed by atoms with E-state index in [1.807, 2.05) is 48.3 Å². The molecule has 0 saturated heterocycles. The zero-order chi connectivity index (χ0) is 17.4. The van der Waals surface area contributed by atoms with Crippen molar-refractivity contribution in [2.75, 3.05) is 0 Å². The second kappa shape index (κ2) is 5.72. The number of rotatable bonds is 1. The average Bonchev–Trinajstić information content (AvgIpc) is 3.18. The number of fused-ring (bicyclic) bond motifs is 2. The van der Waals surface area contributed by atoms with Crippen LogP contribution in [0.3, 0.4) is 0 Å². The largest absolute Gasteiger partial charge is 0.335 e. The number of nitrogens with zero attached hydrogens (tertiary/aromatic N) is 5. The zero-order valence-corrected chi connectivity index (χ0v) is 14.0. The number of hydrogen-bond donors (Lipinski definition) is 0. The highest BCUT2D eigenvalue weighted by Gasteiger charge is 2.42. The molecule has 0 N–H and O–H groups in total. The second-order valence-corrected chi connectivity index (χ2v) is 6.60. The van der Waals surface area contributed by atoms with E-state index >= 15 is 0 Å². The van der Waals surface area contributed by atoms with Gasteiger partial charge in [0.05, 0.1) is 11.1 Å². The number of nitriles is 2. The first kappa shape index (κ1) is 15.4. The summed E-state index contributed by atoms with van der Waals surface area (Å²) in [6.45, 7) is 0. The Balaban J connectivity index is 1.86. The molecule has 1 spiro atoms. The molecule has 0 radical (unpaired) electrons. The Bertz CT molecular complexity index is 996. The van der Waals surface area contributed by atoms with Gasteiger partial charge in [-0.15, -0.1) is 0 Å². The maximum absolute atomic E-state index is 9.19. The highest BCUT2D eigenvalue weighted by Crippen LogP contribution is 2.46. The van der Waals surface area contributed by atoms with Crippen LogP contribution in [-0.4, -0.2) is 16.5 Å². The summed E-state index contributed by atoms with van der Waals surface area (Å²) in [5.74, 6) is 0. The molecular formula is C20H17N5. The molecule has 1 aliphatic carbocycles. The van der Waals surface area contributed by atoms with Crippen molar-refractivity contribution < 1.29 is 0 Å². The van der Waals surface area contributed by atoms with Crippen molar-refractivity contribution in [3.05, 3.63) is 41.6 Å². The van der Waals surface area contributed by atoms with E-state index in [1.165, 1.54) is 0 Å². The molecule has 1 atom stereocenters. The number of hydrogen-bond acceptors (Lipinski definition) is 4. The molecule has 25 heavy (non-hydrogen) atoms. The molecule has 0 bridgehead atoms. The van der Waals surface area contributed by atoms with E-state index in [0.29, 0.717) is 5.69 Å². The third kappa shape index (κ3) is 2.21. The molecule has 5 heteroatoms. The van der Waals surface area contributed by atoms with E-state index in [-0.39, 0.29) is 5.41 Å². The quantitative estimate of drug-likeness (QED) is 0.742. The smallest absolute Gasteiger partial charge is 0.205 e. The first-order chi connectivity index (χ1) is 12.2. The van der Waals surface area contributed by atoms with Gasteiger partial charge in [-0.25, -0.2) is 0 Å². The molecule has 5 nitrogen and oxygen atoms in total. The van der Waals surface area contributed by atoms with Crippen LogP contribution in [0.5, 0.6) is 0 Å². The molecule has 4 rings (SSSR count). The third-order valence-electron chi connectivity index (χ3n) is 5.37. The maximum atomic E-state index is 9.19. The SMILES string of the molecule is Cn1c(C#N)ccc1-c1ccc2c(c1)C1(C=N2)CCCCC1=NC#N. The van der Waals surface area contributed by atoms with E-state index < -0.39 is 0 Å². The fourth-order valence-corrected chi connectivity index (χ4v) is 4.04. The summed E-state index contributed by atoms with van der Waals surface area (Å²) >= 11 is 0. The van der Waals surface area contributed by atoms with Crippen LogP contribution >= 0.6 is 0 Å². The van der Waals surface area contributed by atoms with Crippen LogP contribution in [0.1, 0.15) is 36.9 Å². The van der Waals surface area contributed by atoms with Crippen molar-refractivity contribution in [2.24, 2.45) is 17.0 Å². The van der Waals surface area contributed by atoms with Crippen LogP contribution in [0.2, 0.25) is 0 Å². The fourth-order valence-electron chi connectivity index (χ4n) is 4.04. The minimum Gasteiger partial charge on any atom is -0.335 e. The molecule has 1 saturated carbocycles. The normalized spacial score (nSPS) is 22.8. The number of benzene rings is 1. The molecule has 1 aliphatic heterocycles. The molecule has 2 aliphatic rings. The van der Waals surface area contributed by atoms with Crippen molar-refractivity contribution in [1.29, 1.82) is 10.5 Å². The van der Waals surface area contributed by atoms with Crippen molar-refractivity contribution in [1.82, 2.24) is 4.57 Å². The summed E-state index contributed by atoms with van der Waals surface area (Å²) < 4.78 is 1.90. The lowest BCUT2D eigenvalue weighted by molar-refractivity contribution is 0.566. The van der Waals surface area contributed by atoms with Gasteiger partial charge in [-0.05, 0) is 54.7 Å². The lowest BCUT2D eigenvalue weighted by Gasteiger charge is -2.33. The van der Waals surface area contributed by atoms with Gasteiger partial charge in [0.25, 0.3) is 0 Å². The van der Waals surface area contributed by atoms with E-state index in [1.54, 1.807) is 0 Å². The van der Waals surface area contributed by atoms with E-state index in [2.05, 4.69) is 22.1 Å². The van der Waals surface area contributed by atoms with Crippen LogP contribution in [0.25, 0.3) is 11.3 Å². The predicted octanol–water partition coefficient (Wildman–Crippen LogP) is 4.01. The Labute approximate surface area is 146 Å². The third-order valence-corrected chi connectivity index (χ3v) is 5.37. The van der Waals surface area contributed by atoms with Crippen molar-refractivity contribution in [2.45, 2.75) is 31.1 Å². The highest BCUT2D eigenvalue weighted by molar-refractivity contribution is 6.13. The zero-order valence-electron chi connectivity index (χ0n) is 14.0. The Kier molecular flexibility index (Phi) is 3.51. The summed E-state index contributed by atoms with van der Waals surface area (Å²) in [6, 6.07) is 12.2. The van der Waals surface area contributed by atoms with Gasteiger partial charge in [-0.3, -0.25) is 4.99 Å². The standard InChI is InChI=1S/C20H17N5/c1-25-15(11-21)6-8-18(25)14-5-7-17-16(10-14)20(12-23-17)9-3-2-4-19(20)24-13-22/h5-8,10,12H,2-4,9H2,1H3. The van der Waals surface area contributed by atoms with Gasteiger partial charge in [-0.2, -0.15) is 15.5 Å². The van der Waals surface area contributed by atoms with Crippen molar-refractivity contribution in [3.8, 4) is 23.5 Å². The Hall–Kier alpha value is -3.18. The van der Waals surface area contributed by atoms with Crippen LogP contribution in [0.4, 0.5) is 5.69 Å². The molecular weight excluding hydrogens is 310 g/mol. The lowest BCUT2D eigenvalue weighted by Crippen LogP contribution is -2.38. The summed E-state index contributed by atoms with van der Waals surface area (Å²) in [5, 5.41) is 18.3. The second-order valence-electron chi connectivity index (χ2n) is 6.60. The Morgan fingerprint density at radius 1 is 1.20 bits per heavy atom. The summed E-state index contributed by atoms with van der Waals surface area (Å²) in [7, 11) is 1.90. The monoisotopic (exact) mass is 327 g/mol. The minimum atomic E-state index is -0.345. The molecule has 1 unspecified atom stereocenters. The van der Waals surface area contributed by atoms with Gasteiger partial charge in [0.2, 0.25) is 6.19 Å². The summed E-state index contributed by atoms with van der Waals surface area (Å²) in [4.78, 5) is 8.75. The Morgan fingerprint density at radius 3 is 2.84 bits per heavy atom. The van der Waals surface area contributed by atoms with Gasteiger partial charge in [0.1, 0.15) is 11.8 Å². The molecule has 122 valence electrons. The van der Waals surface area contributed by atoms with Gasteiger partial charge in [-0.1, -0.05) is 12.5 Å². The first-order valence-corrected chi connectivity index (χ1v) is 8.42. The Morgan fingerprint density at radius 2 is 2.08 bits per heavy atom. The summed E-state index contributed by atoms with van der Waals surface area (Å²) in [6.07, 6.45) is 7.88. The van der Waals surface area contributed by atoms with Crippen LogP contribution in [0, 0.1) is 22.8 Å². The minimum absolute atomic E-state index is 0.345. The maximum Gasteiger partial charge on any atom is 0.205 e. The van der Waals surface area contributed by atoms with Gasteiger partial charge < -0.3 is 4.57 Å². The number of aliphatic imine (C=N–C) groups is 2. The van der Waals surface area contributed by atoms with Gasteiger partial charge in [0.15, 0.2) is 0 Å². The van der Waals surface area contributed by atoms with Crippen molar-refractivity contribution >= 4 is 17.6 Å². The van der Waals surface area contributed by atoms with Crippen molar-refractivity contribution in [3.63, 3.8) is 0 Å². The lowest BCUT2D eigenvalue weighted by atomic mass is 9.69. The number of aromatic nitrogens is 1. The van der Waals surface area contributed by atoms with E-state index in [9.17, 15) is 5.26 Å². The van der Waals surface area contributed by atoms with Crippen LogP contribution in [-0.2, 0) is 12.5 Å². The van der Waals surface area contributed by atoms with E-state index in [4.69, 9.17) is 5.26 Å². The predicted molar refractivity (Wildman–Crippen MR) is 96.9 cm³/mol. The topological polar surface area (TPSA) is 77.2 Å². The van der Waals surface area contributed by atoms with Crippen LogP contribution < -0.4 is 0 Å². The first-order valence-electron chi connectivity index (χ1n) is 8.42. The molecule has 1 fully saturated rings.